The predicted octanol–water partition coefficient (Wildman–Crippen LogP) is 3.88. The Hall–Kier alpha value is -3.62. The van der Waals surface area contributed by atoms with Gasteiger partial charge in [-0.25, -0.2) is 4.79 Å². The minimum Gasteiger partial charge on any atom is -0.480 e. The summed E-state index contributed by atoms with van der Waals surface area (Å²) >= 11 is 1.42. The Morgan fingerprint density at radius 1 is 0.872 bits per heavy atom. The van der Waals surface area contributed by atoms with E-state index in [1.165, 1.54) is 27.8 Å². The third kappa shape index (κ3) is 7.28. The molecule has 3 aromatic carbocycles. The van der Waals surface area contributed by atoms with Crippen molar-refractivity contribution in [1.29, 1.82) is 0 Å². The molecule has 2 aliphatic heterocycles. The van der Waals surface area contributed by atoms with Gasteiger partial charge in [-0.2, -0.15) is 0 Å². The lowest BCUT2D eigenvalue weighted by molar-refractivity contribution is -0.161. The smallest absolute Gasteiger partial charge is 0.327 e. The molecule has 204 valence electrons. The molecule has 2 aliphatic rings. The minimum absolute atomic E-state index is 0.202. The van der Waals surface area contributed by atoms with Gasteiger partial charge in [-0.05, 0) is 43.5 Å². The number of β-lactam (4-membered cyclic amide) rings is 1. The first-order valence-electron chi connectivity index (χ1n) is 13.1. The number of carboxylic acids is 1. The molecule has 0 spiro atoms. The number of amides is 2. The van der Waals surface area contributed by atoms with Crippen LogP contribution in [0.25, 0.3) is 0 Å². The van der Waals surface area contributed by atoms with Gasteiger partial charge in [0.1, 0.15) is 17.5 Å². The predicted molar refractivity (Wildman–Crippen MR) is 154 cm³/mol. The van der Waals surface area contributed by atoms with Crippen LogP contribution in [0.15, 0.2) is 91.0 Å². The van der Waals surface area contributed by atoms with Gasteiger partial charge < -0.3 is 20.6 Å². The van der Waals surface area contributed by atoms with E-state index in [4.69, 9.17) is 0 Å². The monoisotopic (exact) mass is 545 g/mol. The molecule has 2 heterocycles. The minimum atomic E-state index is -1.01. The van der Waals surface area contributed by atoms with Crippen LogP contribution in [0.2, 0.25) is 0 Å². The summed E-state index contributed by atoms with van der Waals surface area (Å²) in [5.74, 6) is -1.55. The van der Waals surface area contributed by atoms with E-state index in [1.54, 1.807) is 0 Å². The molecule has 2 fully saturated rings. The summed E-state index contributed by atoms with van der Waals surface area (Å²) in [6.45, 7) is 5.60. The van der Waals surface area contributed by atoms with E-state index < -0.39 is 22.8 Å². The van der Waals surface area contributed by atoms with E-state index in [1.807, 2.05) is 50.2 Å². The number of carbonyl (C=O) groups excluding carboxylic acids is 2. The van der Waals surface area contributed by atoms with Crippen molar-refractivity contribution >= 4 is 29.5 Å². The second-order valence-corrected chi connectivity index (χ2v) is 12.0. The first-order valence-corrected chi connectivity index (χ1v) is 14.0. The maximum absolute atomic E-state index is 12.3. The molecule has 3 N–H and O–H groups in total. The molecular weight excluding hydrogens is 510 g/mol. The van der Waals surface area contributed by atoms with Gasteiger partial charge in [-0.15, -0.1) is 11.8 Å². The van der Waals surface area contributed by atoms with Gasteiger partial charge in [-0.1, -0.05) is 91.0 Å². The quantitative estimate of drug-likeness (QED) is 0.279. The van der Waals surface area contributed by atoms with Crippen molar-refractivity contribution in [3.05, 3.63) is 108 Å². The van der Waals surface area contributed by atoms with Gasteiger partial charge in [0.2, 0.25) is 11.8 Å². The van der Waals surface area contributed by atoms with Crippen LogP contribution in [0, 0.1) is 0 Å². The highest BCUT2D eigenvalue weighted by atomic mass is 32.2. The van der Waals surface area contributed by atoms with Gasteiger partial charge >= 0.3 is 5.97 Å². The molecule has 0 aliphatic carbocycles. The van der Waals surface area contributed by atoms with Crippen LogP contribution in [0.5, 0.6) is 0 Å². The summed E-state index contributed by atoms with van der Waals surface area (Å²) in [5.41, 5.74) is 3.61. The highest BCUT2D eigenvalue weighted by Gasteiger charge is 2.64. The molecule has 5 rings (SSSR count). The summed E-state index contributed by atoms with van der Waals surface area (Å²) < 4.78 is -0.578. The van der Waals surface area contributed by atoms with Gasteiger partial charge in [-0.3, -0.25) is 9.59 Å². The third-order valence-corrected chi connectivity index (χ3v) is 8.38. The topological polar surface area (TPSA) is 98.7 Å². The van der Waals surface area contributed by atoms with Crippen LogP contribution in [0.1, 0.15) is 30.5 Å². The molecule has 0 radical (unpaired) electrons. The fraction of sp³-hybridized carbons (Fsp3) is 0.323. The molecule has 7 nitrogen and oxygen atoms in total. The summed E-state index contributed by atoms with van der Waals surface area (Å²) in [5, 5.41) is 15.2. The second-order valence-electron chi connectivity index (χ2n) is 10.2. The van der Waals surface area contributed by atoms with Crippen LogP contribution in [-0.2, 0) is 33.8 Å². The van der Waals surface area contributed by atoms with Crippen molar-refractivity contribution in [3.8, 4) is 0 Å². The molecule has 2 amide bonds. The van der Waals surface area contributed by atoms with Crippen LogP contribution in [0.3, 0.4) is 0 Å². The van der Waals surface area contributed by atoms with E-state index in [-0.39, 0.29) is 23.6 Å². The van der Waals surface area contributed by atoms with E-state index in [2.05, 4.69) is 65.2 Å². The maximum atomic E-state index is 12.3. The second kappa shape index (κ2) is 13.0. The van der Waals surface area contributed by atoms with Crippen molar-refractivity contribution in [2.75, 3.05) is 6.54 Å². The molecule has 3 aromatic rings. The number of carbonyl (C=O) groups is 3. The summed E-state index contributed by atoms with van der Waals surface area (Å²) in [7, 11) is 0. The molecule has 8 heteroatoms. The highest BCUT2D eigenvalue weighted by Crippen LogP contribution is 2.50. The maximum Gasteiger partial charge on any atom is 0.327 e. The summed E-state index contributed by atoms with van der Waals surface area (Å²) in [4.78, 5) is 37.2. The van der Waals surface area contributed by atoms with Gasteiger partial charge in [0.05, 0.1) is 6.42 Å². The van der Waals surface area contributed by atoms with Crippen molar-refractivity contribution in [2.24, 2.45) is 0 Å². The average molecular weight is 546 g/mol. The number of nitrogens with zero attached hydrogens (tertiary/aromatic N) is 1. The lowest BCUT2D eigenvalue weighted by Crippen LogP contribution is -2.70. The van der Waals surface area contributed by atoms with Crippen molar-refractivity contribution < 1.29 is 19.5 Å². The van der Waals surface area contributed by atoms with Gasteiger partial charge in [0.15, 0.2) is 0 Å². The number of aliphatic carboxylic acids is 1. The zero-order valence-electron chi connectivity index (χ0n) is 22.2. The molecule has 39 heavy (non-hydrogen) atoms. The summed E-state index contributed by atoms with van der Waals surface area (Å²) in [6, 6.07) is 28.9. The van der Waals surface area contributed by atoms with E-state index in [0.717, 1.165) is 25.1 Å². The molecule has 0 saturated carbocycles. The van der Waals surface area contributed by atoms with Crippen molar-refractivity contribution in [2.45, 2.75) is 55.4 Å². The normalized spacial score (nSPS) is 20.7. The Balaban J connectivity index is 0.000000193. The average Bonchev–Trinajstić information content (AvgIpc) is 3.20. The SMILES string of the molecule is CC1(C)S[C@@H]2[C@H](NC(=O)Cc3ccccc3)C(=O)N2[C@H]1C(=O)O.c1ccc(CCNCc2ccccc2)cc1. The Morgan fingerprint density at radius 2 is 1.41 bits per heavy atom. The number of nitrogens with one attached hydrogen (secondary N) is 2. The molecule has 0 unspecified atom stereocenters. The third-order valence-electron chi connectivity index (χ3n) is 6.80. The Bertz CT molecular complexity index is 1210. The van der Waals surface area contributed by atoms with Crippen LogP contribution in [0.4, 0.5) is 0 Å². The Kier molecular flexibility index (Phi) is 9.43. The lowest BCUT2D eigenvalue weighted by Gasteiger charge is -2.43. The molecular formula is C31H35N3O4S. The van der Waals surface area contributed by atoms with Gasteiger partial charge in [0, 0.05) is 11.3 Å². The lowest BCUT2D eigenvalue weighted by atomic mass is 9.96. The fourth-order valence-corrected chi connectivity index (χ4v) is 6.48. The van der Waals surface area contributed by atoms with Crippen LogP contribution < -0.4 is 10.6 Å². The number of carboxylic acid groups (broad SMARTS) is 1. The first-order chi connectivity index (χ1) is 18.8. The number of thioether (sulfide) groups is 1. The zero-order chi connectivity index (χ0) is 27.8. The largest absolute Gasteiger partial charge is 0.480 e. The van der Waals surface area contributed by atoms with E-state index >= 15 is 0 Å². The van der Waals surface area contributed by atoms with E-state index in [0.29, 0.717) is 0 Å². The van der Waals surface area contributed by atoms with Crippen molar-refractivity contribution in [3.63, 3.8) is 0 Å². The number of hydrogen-bond acceptors (Lipinski definition) is 5. The number of rotatable bonds is 9. The van der Waals surface area contributed by atoms with Gasteiger partial charge in [0.25, 0.3) is 0 Å². The van der Waals surface area contributed by atoms with Crippen LogP contribution in [-0.4, -0.2) is 56.5 Å². The molecule has 2 saturated heterocycles. The van der Waals surface area contributed by atoms with E-state index in [9.17, 15) is 19.5 Å². The molecule has 0 bridgehead atoms. The Morgan fingerprint density at radius 3 is 1.97 bits per heavy atom. The standard InChI is InChI=1S/C16H18N2O4S.C15H17N/c1-16(2)12(15(21)22)18-13(20)11(14(18)23-16)17-10(19)8-9-6-4-3-5-7-9;1-3-7-14(8-4-1)11-12-16-13-15-9-5-2-6-10-15/h3-7,11-12,14H,8H2,1-2H3,(H,17,19)(H,21,22);1-10,16H,11-13H2/t11-,12+,14-;/m1./s1. The number of fused-ring (bicyclic) bond motifs is 1. The Labute approximate surface area is 234 Å². The zero-order valence-corrected chi connectivity index (χ0v) is 23.1. The fourth-order valence-electron chi connectivity index (χ4n) is 4.86. The van der Waals surface area contributed by atoms with Crippen LogP contribution >= 0.6 is 11.8 Å². The first kappa shape index (κ1) is 28.4. The summed E-state index contributed by atoms with van der Waals surface area (Å²) in [6.07, 6.45) is 1.29. The molecule has 0 aromatic heterocycles. The highest BCUT2D eigenvalue weighted by molar-refractivity contribution is 8.01. The van der Waals surface area contributed by atoms with Crippen molar-refractivity contribution in [1.82, 2.24) is 15.5 Å². The molecule has 3 atom stereocenters. The number of benzene rings is 3. The number of hydrogen-bond donors (Lipinski definition) is 3.